The second kappa shape index (κ2) is 9.71. The Morgan fingerprint density at radius 1 is 1.19 bits per heavy atom. The van der Waals surface area contributed by atoms with Crippen LogP contribution in [0.15, 0.2) is 30.6 Å². The van der Waals surface area contributed by atoms with E-state index < -0.39 is 17.6 Å². The topological polar surface area (TPSA) is 101 Å². The van der Waals surface area contributed by atoms with Gasteiger partial charge in [0.1, 0.15) is 6.33 Å². The Kier molecular flexibility index (Phi) is 7.02. The predicted octanol–water partition coefficient (Wildman–Crippen LogP) is 1.22. The van der Waals surface area contributed by atoms with Crippen molar-refractivity contribution in [3.05, 3.63) is 41.7 Å². The van der Waals surface area contributed by atoms with Crippen LogP contribution in [0.25, 0.3) is 17.6 Å². The summed E-state index contributed by atoms with van der Waals surface area (Å²) in [6.07, 6.45) is -0.857. The highest BCUT2D eigenvalue weighted by atomic mass is 19.4. The first-order chi connectivity index (χ1) is 14.7. The van der Waals surface area contributed by atoms with Gasteiger partial charge in [0.05, 0.1) is 25.3 Å². The third-order valence-electron chi connectivity index (χ3n) is 4.35. The summed E-state index contributed by atoms with van der Waals surface area (Å²) in [7, 11) is 0. The number of halogens is 3. The zero-order chi connectivity index (χ0) is 22.4. The molecule has 0 saturated carbocycles. The van der Waals surface area contributed by atoms with Crippen LogP contribution in [0.4, 0.5) is 13.2 Å². The molecule has 0 aliphatic carbocycles. The summed E-state index contributed by atoms with van der Waals surface area (Å²) in [4.78, 5) is 29.6. The molecule has 1 aliphatic rings. The van der Waals surface area contributed by atoms with Crippen LogP contribution in [0.1, 0.15) is 11.1 Å². The Morgan fingerprint density at radius 2 is 1.94 bits per heavy atom. The van der Waals surface area contributed by atoms with Gasteiger partial charge in [0, 0.05) is 30.9 Å². The van der Waals surface area contributed by atoms with E-state index in [4.69, 9.17) is 4.74 Å². The molecule has 1 aromatic carbocycles. The largest absolute Gasteiger partial charge is 0.416 e. The lowest BCUT2D eigenvalue weighted by atomic mass is 10.1. The Morgan fingerprint density at radius 3 is 2.65 bits per heavy atom. The zero-order valence-electron chi connectivity index (χ0n) is 16.6. The van der Waals surface area contributed by atoms with Gasteiger partial charge in [-0.05, 0) is 30.7 Å². The normalized spacial score (nSPS) is 15.2. The van der Waals surface area contributed by atoms with Gasteiger partial charge in [0.2, 0.25) is 0 Å². The van der Waals surface area contributed by atoms with Crippen molar-refractivity contribution >= 4 is 18.0 Å². The highest BCUT2D eigenvalue weighted by molar-refractivity contribution is 5.91. The number of rotatable bonds is 5. The van der Waals surface area contributed by atoms with E-state index in [1.165, 1.54) is 23.3 Å². The van der Waals surface area contributed by atoms with Gasteiger partial charge >= 0.3 is 6.18 Å². The third kappa shape index (κ3) is 6.62. The van der Waals surface area contributed by atoms with Gasteiger partial charge in [-0.3, -0.25) is 25.3 Å². The summed E-state index contributed by atoms with van der Waals surface area (Å²) in [6, 6.07) is 3.54. The summed E-state index contributed by atoms with van der Waals surface area (Å²) in [5.74, 6) is -0.896. The number of nitrogens with zero attached hydrogens (tertiary/aromatic N) is 4. The van der Waals surface area contributed by atoms with Crippen LogP contribution in [-0.2, 0) is 20.5 Å². The van der Waals surface area contributed by atoms with Crippen LogP contribution in [0.2, 0.25) is 0 Å². The minimum atomic E-state index is -4.48. The number of carbonyl (C=O) groups is 2. The first-order valence-electron chi connectivity index (χ1n) is 9.38. The van der Waals surface area contributed by atoms with E-state index >= 15 is 0 Å². The van der Waals surface area contributed by atoms with Crippen LogP contribution >= 0.6 is 0 Å². The van der Waals surface area contributed by atoms with Gasteiger partial charge in [-0.25, -0.2) is 9.67 Å². The van der Waals surface area contributed by atoms with Crippen molar-refractivity contribution in [3.8, 4) is 11.4 Å². The Labute approximate surface area is 175 Å². The zero-order valence-corrected chi connectivity index (χ0v) is 16.6. The molecule has 2 amide bonds. The fourth-order valence-corrected chi connectivity index (χ4v) is 2.87. The maximum absolute atomic E-state index is 13.0. The van der Waals surface area contributed by atoms with Crippen molar-refractivity contribution in [2.75, 3.05) is 32.8 Å². The molecule has 9 nitrogen and oxygen atoms in total. The van der Waals surface area contributed by atoms with Gasteiger partial charge in [-0.2, -0.15) is 13.2 Å². The first-order valence-corrected chi connectivity index (χ1v) is 9.38. The number of amides is 2. The van der Waals surface area contributed by atoms with Crippen molar-refractivity contribution in [3.63, 3.8) is 0 Å². The second-order valence-corrected chi connectivity index (χ2v) is 6.88. The lowest BCUT2D eigenvalue weighted by molar-refractivity contribution is -0.137. The number of ether oxygens (including phenoxy) is 1. The van der Waals surface area contributed by atoms with Crippen LogP contribution in [-0.4, -0.2) is 64.3 Å². The molecule has 31 heavy (non-hydrogen) atoms. The monoisotopic (exact) mass is 438 g/mol. The molecule has 2 heterocycles. The number of benzene rings is 1. The SMILES string of the molecule is Cc1cc(-c2ncn(/C=C\C(=O)NNC(=O)CN3CCOCC3)n2)cc(C(F)(F)F)c1. The van der Waals surface area contributed by atoms with Crippen LogP contribution in [0.3, 0.4) is 0 Å². The van der Waals surface area contributed by atoms with E-state index in [0.717, 1.165) is 18.2 Å². The number of nitrogens with one attached hydrogen (secondary N) is 2. The molecule has 0 atom stereocenters. The fraction of sp³-hybridized carbons (Fsp3) is 0.368. The number of hydrogen-bond donors (Lipinski definition) is 2. The molecule has 0 unspecified atom stereocenters. The standard InChI is InChI=1S/C19H21F3N6O3/c1-13-8-14(10-15(9-13)19(20,21)22)18-23-12-28(26-18)3-2-16(29)24-25-17(30)11-27-4-6-31-7-5-27/h2-3,8-10,12H,4-7,11H2,1H3,(H,24,29)(H,25,30)/b3-2-. The molecule has 1 aliphatic heterocycles. The van der Waals surface area contributed by atoms with Crippen molar-refractivity contribution in [1.29, 1.82) is 0 Å². The molecule has 0 radical (unpaired) electrons. The molecule has 1 fully saturated rings. The molecule has 0 spiro atoms. The summed E-state index contributed by atoms with van der Waals surface area (Å²) in [5, 5.41) is 4.05. The minimum Gasteiger partial charge on any atom is -0.379 e. The smallest absolute Gasteiger partial charge is 0.379 e. The van der Waals surface area contributed by atoms with Crippen LogP contribution < -0.4 is 10.9 Å². The summed E-state index contributed by atoms with van der Waals surface area (Å²) in [5.41, 5.74) is 4.38. The third-order valence-corrected chi connectivity index (χ3v) is 4.35. The maximum Gasteiger partial charge on any atom is 0.416 e. The fourth-order valence-electron chi connectivity index (χ4n) is 2.87. The number of hydrogen-bond acceptors (Lipinski definition) is 6. The molecule has 2 N–H and O–H groups in total. The maximum atomic E-state index is 13.0. The molecule has 166 valence electrons. The Bertz CT molecular complexity index is 967. The number of aryl methyl sites for hydroxylation is 1. The van der Waals surface area contributed by atoms with E-state index in [1.807, 2.05) is 4.90 Å². The van der Waals surface area contributed by atoms with Crippen molar-refractivity contribution < 1.29 is 27.5 Å². The molecular weight excluding hydrogens is 417 g/mol. The van der Waals surface area contributed by atoms with Gasteiger partial charge in [-0.15, -0.1) is 5.10 Å². The average Bonchev–Trinajstić information content (AvgIpc) is 3.19. The molecule has 1 aromatic heterocycles. The van der Waals surface area contributed by atoms with E-state index in [2.05, 4.69) is 20.9 Å². The van der Waals surface area contributed by atoms with Crippen LogP contribution in [0, 0.1) is 6.92 Å². The summed E-state index contributed by atoms with van der Waals surface area (Å²) >= 11 is 0. The minimum absolute atomic E-state index is 0.0815. The molecular formula is C19H21F3N6O3. The Hall–Kier alpha value is -3.25. The van der Waals surface area contributed by atoms with Gasteiger partial charge < -0.3 is 4.74 Å². The highest BCUT2D eigenvalue weighted by Crippen LogP contribution is 2.32. The molecule has 2 aromatic rings. The van der Waals surface area contributed by atoms with E-state index in [1.54, 1.807) is 6.92 Å². The lowest BCUT2D eigenvalue weighted by Crippen LogP contribution is -2.48. The van der Waals surface area contributed by atoms with Crippen molar-refractivity contribution in [2.45, 2.75) is 13.1 Å². The predicted molar refractivity (Wildman–Crippen MR) is 104 cm³/mol. The highest BCUT2D eigenvalue weighted by Gasteiger charge is 2.31. The second-order valence-electron chi connectivity index (χ2n) is 6.88. The molecule has 3 rings (SSSR count). The number of morpholine rings is 1. The van der Waals surface area contributed by atoms with Crippen LogP contribution in [0.5, 0.6) is 0 Å². The van der Waals surface area contributed by atoms with Crippen molar-refractivity contribution in [2.24, 2.45) is 0 Å². The van der Waals surface area contributed by atoms with E-state index in [9.17, 15) is 22.8 Å². The molecule has 12 heteroatoms. The molecule has 0 bridgehead atoms. The lowest BCUT2D eigenvalue weighted by Gasteiger charge is -2.25. The average molecular weight is 438 g/mol. The number of aromatic nitrogens is 3. The number of hydrazine groups is 1. The van der Waals surface area contributed by atoms with E-state index in [-0.39, 0.29) is 23.8 Å². The quantitative estimate of drug-likeness (QED) is 0.538. The molecule has 1 saturated heterocycles. The summed E-state index contributed by atoms with van der Waals surface area (Å²) < 4.78 is 45.4. The first kappa shape index (κ1) is 22.4. The van der Waals surface area contributed by atoms with Gasteiger partial charge in [0.25, 0.3) is 11.8 Å². The van der Waals surface area contributed by atoms with Crippen molar-refractivity contribution in [1.82, 2.24) is 30.5 Å². The Balaban J connectivity index is 1.55. The van der Waals surface area contributed by atoms with Gasteiger partial charge in [-0.1, -0.05) is 0 Å². The van der Waals surface area contributed by atoms with E-state index in [0.29, 0.717) is 31.9 Å². The number of alkyl halides is 3. The summed E-state index contributed by atoms with van der Waals surface area (Å²) in [6.45, 7) is 4.08. The van der Waals surface area contributed by atoms with Gasteiger partial charge in [0.15, 0.2) is 5.82 Å². The number of carbonyl (C=O) groups excluding carboxylic acids is 2.